The summed E-state index contributed by atoms with van der Waals surface area (Å²) in [6.45, 7) is 2.22. The van der Waals surface area contributed by atoms with Crippen LogP contribution in [0, 0.1) is 11.8 Å². The summed E-state index contributed by atoms with van der Waals surface area (Å²) in [5.74, 6) is 6.98. The van der Waals surface area contributed by atoms with Gasteiger partial charge in [-0.1, -0.05) is 73.9 Å². The van der Waals surface area contributed by atoms with Crippen molar-refractivity contribution in [3.8, 4) is 11.8 Å². The van der Waals surface area contributed by atoms with Gasteiger partial charge < -0.3 is 4.74 Å². The summed E-state index contributed by atoms with van der Waals surface area (Å²) in [6, 6.07) is 33.1. The Morgan fingerprint density at radius 1 is 0.774 bits per heavy atom. The molecule has 0 bridgehead atoms. The van der Waals surface area contributed by atoms with E-state index in [1.165, 1.54) is 22.3 Å². The van der Waals surface area contributed by atoms with Crippen LogP contribution in [0.1, 0.15) is 45.4 Å². The molecule has 2 unspecified atom stereocenters. The highest BCUT2D eigenvalue weighted by Crippen LogP contribution is 2.62. The molecule has 1 aliphatic rings. The zero-order valence-electron chi connectivity index (χ0n) is 18.4. The number of rotatable bonds is 6. The van der Waals surface area contributed by atoms with E-state index in [0.29, 0.717) is 0 Å². The van der Waals surface area contributed by atoms with Gasteiger partial charge in [-0.25, -0.2) is 0 Å². The smallest absolute Gasteiger partial charge is 0.182 e. The second-order valence-corrected chi connectivity index (χ2v) is 11.7. The van der Waals surface area contributed by atoms with Gasteiger partial charge in [-0.05, 0) is 55.7 Å². The van der Waals surface area contributed by atoms with Gasteiger partial charge in [0.15, 0.2) is 5.85 Å². The van der Waals surface area contributed by atoms with Gasteiger partial charge in [-0.2, -0.15) is 0 Å². The lowest BCUT2D eigenvalue weighted by atomic mass is 10.1. The monoisotopic (exact) mass is 427 g/mol. The molecule has 0 radical (unpaired) electrons. The topological polar surface area (TPSA) is 9.23 Å². The van der Waals surface area contributed by atoms with Crippen molar-refractivity contribution in [2.75, 3.05) is 0 Å². The molecule has 0 aromatic heterocycles. The molecule has 158 valence electrons. The van der Waals surface area contributed by atoms with Crippen LogP contribution in [0.3, 0.4) is 0 Å². The molecule has 1 heterocycles. The van der Waals surface area contributed by atoms with Crippen LogP contribution in [0.5, 0.6) is 0 Å². The minimum Gasteiger partial charge on any atom is -0.327 e. The normalized spacial score (nSPS) is 18.7. The van der Waals surface area contributed by atoms with Crippen LogP contribution in [-0.2, 0) is 4.74 Å². The third kappa shape index (κ3) is 4.77. The van der Waals surface area contributed by atoms with Crippen LogP contribution in [0.2, 0.25) is 0 Å². The first-order valence-corrected chi connectivity index (χ1v) is 13.4. The fourth-order valence-electron chi connectivity index (χ4n) is 4.58. The lowest BCUT2D eigenvalue weighted by Crippen LogP contribution is -2.43. The molecule has 3 aromatic rings. The molecule has 0 saturated carbocycles. The van der Waals surface area contributed by atoms with Gasteiger partial charge in [-0.3, -0.25) is 0 Å². The zero-order valence-corrected chi connectivity index (χ0v) is 19.3. The first-order chi connectivity index (χ1) is 15.4. The lowest BCUT2D eigenvalue weighted by Gasteiger charge is -2.38. The molecule has 0 aliphatic carbocycles. The van der Waals surface area contributed by atoms with Gasteiger partial charge in [0.25, 0.3) is 0 Å². The third-order valence-corrected chi connectivity index (χ3v) is 10.7. The van der Waals surface area contributed by atoms with Crippen LogP contribution < -0.4 is 15.9 Å². The summed E-state index contributed by atoms with van der Waals surface area (Å²) in [5, 5.41) is 4.16. The number of hydrogen-bond acceptors (Lipinski definition) is 1. The molecule has 0 spiro atoms. The Labute approximate surface area is 188 Å². The molecule has 3 aromatic carbocycles. The standard InChI is InChI=1S/C29H32OP/c1-2-3-4-8-16-25-17-15-24-29(30-25)31(26-18-9-5-10-19-26,27-20-11-6-12-21-27)28-22-13-7-14-23-28/h5-7,9-14,18-23,25,29H,2-4,15,17,24H2,1H3/q+1. The SMILES string of the molecule is CCCCC#CC1CCCC([P+](c2ccccc2)(c2ccccc2)c2ccccc2)O1. The van der Waals surface area contributed by atoms with Gasteiger partial charge in [0, 0.05) is 12.8 Å². The number of ether oxygens (including phenoxy) is 1. The largest absolute Gasteiger partial charge is 0.327 e. The maximum absolute atomic E-state index is 6.87. The summed E-state index contributed by atoms with van der Waals surface area (Å²) < 4.78 is 6.87. The van der Waals surface area contributed by atoms with Crippen molar-refractivity contribution in [2.24, 2.45) is 0 Å². The number of unbranched alkanes of at least 4 members (excludes halogenated alkanes) is 2. The predicted octanol–water partition coefficient (Wildman–Crippen LogP) is 6.07. The molecule has 0 amide bonds. The number of hydrogen-bond donors (Lipinski definition) is 0. The third-order valence-electron chi connectivity index (χ3n) is 6.08. The molecule has 31 heavy (non-hydrogen) atoms. The zero-order chi connectivity index (χ0) is 21.4. The summed E-state index contributed by atoms with van der Waals surface area (Å²) in [5.41, 5.74) is 0. The van der Waals surface area contributed by atoms with E-state index >= 15 is 0 Å². The first kappa shape index (κ1) is 21.8. The second kappa shape index (κ2) is 10.8. The van der Waals surface area contributed by atoms with Crippen molar-refractivity contribution in [2.45, 2.75) is 57.4 Å². The highest BCUT2D eigenvalue weighted by molar-refractivity contribution is 7.96. The van der Waals surface area contributed by atoms with Crippen molar-refractivity contribution in [3.05, 3.63) is 91.0 Å². The molecule has 1 aliphatic heterocycles. The highest BCUT2D eigenvalue weighted by Gasteiger charge is 2.54. The van der Waals surface area contributed by atoms with Crippen LogP contribution in [0.4, 0.5) is 0 Å². The van der Waals surface area contributed by atoms with Crippen LogP contribution >= 0.6 is 7.26 Å². The summed E-state index contributed by atoms with van der Waals surface area (Å²) in [6.07, 6.45) is 6.62. The first-order valence-electron chi connectivity index (χ1n) is 11.5. The molecule has 1 nitrogen and oxygen atoms in total. The fourth-order valence-corrected chi connectivity index (χ4v) is 9.30. The Bertz CT molecular complexity index is 892. The Hall–Kier alpha value is -2.39. The van der Waals surface area contributed by atoms with Crippen molar-refractivity contribution in [1.82, 2.24) is 0 Å². The molecule has 2 heteroatoms. The minimum absolute atomic E-state index is 0.0334. The van der Waals surface area contributed by atoms with E-state index in [1.54, 1.807) is 0 Å². The van der Waals surface area contributed by atoms with E-state index in [0.717, 1.165) is 32.1 Å². The van der Waals surface area contributed by atoms with E-state index in [1.807, 2.05) is 0 Å². The minimum atomic E-state index is -2.00. The van der Waals surface area contributed by atoms with Crippen molar-refractivity contribution in [1.29, 1.82) is 0 Å². The second-order valence-electron chi connectivity index (χ2n) is 8.16. The molecular weight excluding hydrogens is 395 g/mol. The van der Waals surface area contributed by atoms with E-state index in [9.17, 15) is 0 Å². The Morgan fingerprint density at radius 2 is 1.29 bits per heavy atom. The summed E-state index contributed by atoms with van der Waals surface area (Å²) in [4.78, 5) is 0. The van der Waals surface area contributed by atoms with Gasteiger partial charge in [-0.15, -0.1) is 5.92 Å². The van der Waals surface area contributed by atoms with Crippen molar-refractivity contribution >= 4 is 23.2 Å². The Morgan fingerprint density at radius 3 is 1.77 bits per heavy atom. The van der Waals surface area contributed by atoms with Gasteiger partial charge >= 0.3 is 0 Å². The van der Waals surface area contributed by atoms with Gasteiger partial charge in [0.1, 0.15) is 29.3 Å². The van der Waals surface area contributed by atoms with Crippen LogP contribution in [0.15, 0.2) is 91.0 Å². The van der Waals surface area contributed by atoms with Crippen molar-refractivity contribution < 1.29 is 4.74 Å². The molecule has 0 N–H and O–H groups in total. The van der Waals surface area contributed by atoms with Crippen LogP contribution in [0.25, 0.3) is 0 Å². The van der Waals surface area contributed by atoms with E-state index in [2.05, 4.69) is 110 Å². The van der Waals surface area contributed by atoms with Gasteiger partial charge in [0.05, 0.1) is 0 Å². The molecule has 4 rings (SSSR count). The van der Waals surface area contributed by atoms with Gasteiger partial charge in [0.2, 0.25) is 0 Å². The Balaban J connectivity index is 1.83. The van der Waals surface area contributed by atoms with Crippen LogP contribution in [-0.4, -0.2) is 11.9 Å². The van der Waals surface area contributed by atoms with E-state index < -0.39 is 7.26 Å². The highest BCUT2D eigenvalue weighted by atomic mass is 31.2. The molecular formula is C29H32OP+. The quantitative estimate of drug-likeness (QED) is 0.264. The maximum Gasteiger partial charge on any atom is 0.182 e. The number of benzene rings is 3. The maximum atomic E-state index is 6.87. The van der Waals surface area contributed by atoms with Crippen molar-refractivity contribution in [3.63, 3.8) is 0 Å². The molecule has 1 saturated heterocycles. The average molecular weight is 428 g/mol. The predicted molar refractivity (Wildman–Crippen MR) is 135 cm³/mol. The summed E-state index contributed by atoms with van der Waals surface area (Å²) >= 11 is 0. The molecule has 2 atom stereocenters. The fraction of sp³-hybridized carbons (Fsp3) is 0.310. The average Bonchev–Trinajstić information content (AvgIpc) is 2.85. The van der Waals surface area contributed by atoms with E-state index in [4.69, 9.17) is 4.74 Å². The lowest BCUT2D eigenvalue weighted by molar-refractivity contribution is 0.0272. The Kier molecular flexibility index (Phi) is 7.58. The van der Waals surface area contributed by atoms with E-state index in [-0.39, 0.29) is 11.9 Å². The summed E-state index contributed by atoms with van der Waals surface area (Å²) in [7, 11) is -2.00. The molecule has 1 fully saturated rings.